The Hall–Kier alpha value is -2.95. The molecule has 2 aromatic heterocycles. The molecule has 0 aliphatic carbocycles. The third-order valence-electron chi connectivity index (χ3n) is 3.88. The molecule has 1 aromatic carbocycles. The zero-order valence-corrected chi connectivity index (χ0v) is 13.6. The van der Waals surface area contributed by atoms with Gasteiger partial charge in [-0.1, -0.05) is 25.6 Å². The number of pyridine rings is 1. The molecule has 2 heterocycles. The van der Waals surface area contributed by atoms with Gasteiger partial charge in [-0.2, -0.15) is 0 Å². The summed E-state index contributed by atoms with van der Waals surface area (Å²) in [5.74, 6) is -0.538. The van der Waals surface area contributed by atoms with Gasteiger partial charge in [0.2, 0.25) is 11.1 Å². The molecule has 0 N–H and O–H groups in total. The lowest BCUT2D eigenvalue weighted by atomic mass is 10.1. The molecule has 24 heavy (non-hydrogen) atoms. The fourth-order valence-corrected chi connectivity index (χ4v) is 2.56. The van der Waals surface area contributed by atoms with E-state index in [0.29, 0.717) is 16.7 Å². The fraction of sp³-hybridized carbons (Fsp3) is 0.211. The highest BCUT2D eigenvalue weighted by molar-refractivity contribution is 5.96. The Morgan fingerprint density at radius 1 is 1.33 bits per heavy atom. The molecule has 0 saturated carbocycles. The largest absolute Gasteiger partial charge is 0.458 e. The van der Waals surface area contributed by atoms with E-state index in [0.717, 1.165) is 12.0 Å². The van der Waals surface area contributed by atoms with E-state index in [1.165, 1.54) is 12.1 Å². The van der Waals surface area contributed by atoms with Crippen LogP contribution in [-0.2, 0) is 11.2 Å². The third kappa shape index (κ3) is 2.69. The summed E-state index contributed by atoms with van der Waals surface area (Å²) in [5, 5.41) is 0.754. The molecule has 0 bridgehead atoms. The van der Waals surface area contributed by atoms with Gasteiger partial charge in [0.15, 0.2) is 0 Å². The van der Waals surface area contributed by atoms with E-state index < -0.39 is 5.97 Å². The number of hydrogen-bond acceptors (Lipinski definition) is 5. The second kappa shape index (κ2) is 6.28. The molecule has 3 rings (SSSR count). The zero-order chi connectivity index (χ0) is 17.3. The van der Waals surface area contributed by atoms with Gasteiger partial charge in [-0.3, -0.25) is 4.79 Å². The molecule has 122 valence electrons. The van der Waals surface area contributed by atoms with Gasteiger partial charge < -0.3 is 9.15 Å². The van der Waals surface area contributed by atoms with E-state index >= 15 is 0 Å². The van der Waals surface area contributed by atoms with Crippen LogP contribution >= 0.6 is 0 Å². The van der Waals surface area contributed by atoms with Gasteiger partial charge in [0.25, 0.3) is 0 Å². The van der Waals surface area contributed by atoms with Crippen molar-refractivity contribution in [2.75, 3.05) is 6.61 Å². The van der Waals surface area contributed by atoms with E-state index in [2.05, 4.69) is 11.6 Å². The number of ether oxygens (including phenoxy) is 1. The van der Waals surface area contributed by atoms with Crippen molar-refractivity contribution >= 4 is 28.0 Å². The summed E-state index contributed by atoms with van der Waals surface area (Å²) in [6.07, 6.45) is 2.30. The highest BCUT2D eigenvalue weighted by Gasteiger charge is 2.17. The van der Waals surface area contributed by atoms with Crippen LogP contribution in [0.5, 0.6) is 0 Å². The minimum Gasteiger partial charge on any atom is -0.458 e. The van der Waals surface area contributed by atoms with Crippen LogP contribution in [-0.4, -0.2) is 17.6 Å². The highest BCUT2D eigenvalue weighted by atomic mass is 16.5. The first-order valence-corrected chi connectivity index (χ1v) is 7.70. The Kier molecular flexibility index (Phi) is 4.16. The van der Waals surface area contributed by atoms with Crippen LogP contribution in [0.25, 0.3) is 22.1 Å². The molecule has 0 aliphatic heterocycles. The van der Waals surface area contributed by atoms with Crippen molar-refractivity contribution in [1.29, 1.82) is 0 Å². The van der Waals surface area contributed by atoms with E-state index in [9.17, 15) is 9.59 Å². The van der Waals surface area contributed by atoms with Gasteiger partial charge in [0.1, 0.15) is 12.2 Å². The molecule has 5 nitrogen and oxygen atoms in total. The molecule has 0 fully saturated rings. The fourth-order valence-electron chi connectivity index (χ4n) is 2.56. The number of rotatable bonds is 4. The smallest absolute Gasteiger partial charge is 0.340 e. The van der Waals surface area contributed by atoms with Gasteiger partial charge in [-0.05, 0) is 37.1 Å². The van der Waals surface area contributed by atoms with E-state index in [-0.39, 0.29) is 28.7 Å². The summed E-state index contributed by atoms with van der Waals surface area (Å²) in [4.78, 5) is 29.2. The van der Waals surface area contributed by atoms with Gasteiger partial charge in [-0.15, -0.1) is 0 Å². The van der Waals surface area contributed by atoms with Crippen LogP contribution in [0.2, 0.25) is 0 Å². The lowest BCUT2D eigenvalue weighted by Gasteiger charge is -2.07. The molecule has 0 aliphatic rings. The molecule has 3 aromatic rings. The zero-order valence-electron chi connectivity index (χ0n) is 13.6. The van der Waals surface area contributed by atoms with Crippen LogP contribution in [0.3, 0.4) is 0 Å². The molecule has 0 spiro atoms. The number of aromatic nitrogens is 1. The quantitative estimate of drug-likeness (QED) is 0.417. The molecule has 5 heteroatoms. The van der Waals surface area contributed by atoms with Gasteiger partial charge >= 0.3 is 5.97 Å². The number of nitrogens with zero attached hydrogens (tertiary/aromatic N) is 1. The van der Waals surface area contributed by atoms with Crippen LogP contribution in [0.4, 0.5) is 0 Å². The maximum Gasteiger partial charge on any atom is 0.340 e. The van der Waals surface area contributed by atoms with Crippen LogP contribution in [0.1, 0.15) is 28.5 Å². The Balaban J connectivity index is 2.25. The van der Waals surface area contributed by atoms with Crippen molar-refractivity contribution in [1.82, 2.24) is 4.98 Å². The highest BCUT2D eigenvalue weighted by Crippen LogP contribution is 2.21. The molecular weight excluding hydrogens is 306 g/mol. The maximum absolute atomic E-state index is 12.8. The molecular formula is C19H17NO4. The monoisotopic (exact) mass is 323 g/mol. The lowest BCUT2D eigenvalue weighted by molar-refractivity contribution is 0.0548. The van der Waals surface area contributed by atoms with Gasteiger partial charge in [0.05, 0.1) is 22.0 Å². The van der Waals surface area contributed by atoms with Gasteiger partial charge in [-0.25, -0.2) is 9.78 Å². The number of aryl methyl sites for hydroxylation is 2. The number of benzene rings is 1. The molecule has 0 atom stereocenters. The Labute approximate surface area is 138 Å². The number of fused-ring (bicyclic) bond motifs is 2. The van der Waals surface area contributed by atoms with Crippen molar-refractivity contribution in [2.45, 2.75) is 20.3 Å². The van der Waals surface area contributed by atoms with Crippen molar-refractivity contribution in [3.05, 3.63) is 64.0 Å². The maximum atomic E-state index is 12.8. The summed E-state index contributed by atoms with van der Waals surface area (Å²) in [7, 11) is 0. The second-order valence-corrected chi connectivity index (χ2v) is 5.48. The number of carbonyl (C=O) groups excluding carboxylic acids is 1. The van der Waals surface area contributed by atoms with E-state index in [1.54, 1.807) is 13.0 Å². The molecule has 0 amide bonds. The van der Waals surface area contributed by atoms with Crippen molar-refractivity contribution in [3.63, 3.8) is 0 Å². The normalized spacial score (nSPS) is 10.9. The predicted molar refractivity (Wildman–Crippen MR) is 92.4 cm³/mol. The number of carbonyl (C=O) groups is 1. The SMILES string of the molecule is C=CCOC(=O)c1cc2c(=O)c3cc(CC)ccc3oc2nc1C. The minimum absolute atomic E-state index is 0.0997. The van der Waals surface area contributed by atoms with E-state index in [4.69, 9.17) is 9.15 Å². The Bertz CT molecular complexity index is 1020. The average molecular weight is 323 g/mol. The topological polar surface area (TPSA) is 69.4 Å². The van der Waals surface area contributed by atoms with Crippen LogP contribution < -0.4 is 5.43 Å². The van der Waals surface area contributed by atoms with Crippen molar-refractivity contribution in [3.8, 4) is 0 Å². The molecule has 0 radical (unpaired) electrons. The molecule has 0 saturated heterocycles. The standard InChI is InChI=1S/C19H17NO4/c1-4-8-23-19(22)13-10-15-17(21)14-9-12(5-2)6-7-16(14)24-18(15)20-11(13)3/h4,6-7,9-10H,1,5,8H2,2-3H3. The van der Waals surface area contributed by atoms with Crippen molar-refractivity contribution in [2.24, 2.45) is 0 Å². The first-order chi connectivity index (χ1) is 11.5. The predicted octanol–water partition coefficient (Wildman–Crippen LogP) is 3.55. The first-order valence-electron chi connectivity index (χ1n) is 7.70. The van der Waals surface area contributed by atoms with E-state index in [1.807, 2.05) is 19.1 Å². The summed E-state index contributed by atoms with van der Waals surface area (Å²) >= 11 is 0. The van der Waals surface area contributed by atoms with Crippen LogP contribution in [0.15, 0.2) is 46.1 Å². The number of hydrogen-bond donors (Lipinski definition) is 0. The average Bonchev–Trinajstić information content (AvgIpc) is 2.59. The van der Waals surface area contributed by atoms with Crippen molar-refractivity contribution < 1.29 is 13.9 Å². The molecule has 0 unspecified atom stereocenters. The Morgan fingerprint density at radius 2 is 2.12 bits per heavy atom. The summed E-state index contributed by atoms with van der Waals surface area (Å²) in [6, 6.07) is 7.01. The summed E-state index contributed by atoms with van der Waals surface area (Å²) in [5.41, 5.74) is 2.24. The number of esters is 1. The first kappa shape index (κ1) is 15.9. The summed E-state index contributed by atoms with van der Waals surface area (Å²) < 4.78 is 10.8. The van der Waals surface area contributed by atoms with Gasteiger partial charge in [0, 0.05) is 0 Å². The third-order valence-corrected chi connectivity index (χ3v) is 3.88. The minimum atomic E-state index is -0.538. The Morgan fingerprint density at radius 3 is 2.83 bits per heavy atom. The lowest BCUT2D eigenvalue weighted by Crippen LogP contribution is -2.11. The summed E-state index contributed by atoms with van der Waals surface area (Å²) in [6.45, 7) is 7.30. The van der Waals surface area contributed by atoms with Crippen LogP contribution in [0, 0.1) is 6.92 Å². The second-order valence-electron chi connectivity index (χ2n) is 5.48.